The van der Waals surface area contributed by atoms with Crippen LogP contribution < -0.4 is 10.5 Å². The van der Waals surface area contributed by atoms with Crippen molar-refractivity contribution in [1.82, 2.24) is 4.90 Å². The van der Waals surface area contributed by atoms with Crippen LogP contribution in [0.1, 0.15) is 39.0 Å². The third-order valence-electron chi connectivity index (χ3n) is 4.84. The SMILES string of the molecule is CC(=O)N(CCCOCCCS(=O)(=O)c1cccc(OCC2CC2)c1)CCC(N)=O. The Hall–Kier alpha value is -2.13. The average Bonchev–Trinajstić information content (AvgIpc) is 3.52. The van der Waals surface area contributed by atoms with Crippen LogP contribution in [0.5, 0.6) is 5.75 Å². The first-order valence-electron chi connectivity index (χ1n) is 10.3. The molecule has 1 aromatic carbocycles. The molecular formula is C21H32N2O6S. The Labute approximate surface area is 178 Å². The van der Waals surface area contributed by atoms with Crippen molar-refractivity contribution in [3.8, 4) is 5.75 Å². The number of benzene rings is 1. The Morgan fingerprint density at radius 1 is 1.17 bits per heavy atom. The van der Waals surface area contributed by atoms with Gasteiger partial charge in [-0.15, -0.1) is 0 Å². The molecule has 9 heteroatoms. The largest absolute Gasteiger partial charge is 0.493 e. The Bertz CT molecular complexity index is 807. The topological polar surface area (TPSA) is 116 Å². The summed E-state index contributed by atoms with van der Waals surface area (Å²) in [5, 5.41) is 0. The maximum absolute atomic E-state index is 12.5. The molecule has 1 aliphatic rings. The first-order valence-corrected chi connectivity index (χ1v) is 12.0. The standard InChI is InChI=1S/C21H32N2O6S/c1-17(24)23(11-9-21(22)25)10-3-12-28-13-4-14-30(26,27)20-6-2-5-19(15-20)29-16-18-7-8-18/h2,5-6,15,18H,3-4,7-14,16H2,1H3,(H2,22,25). The Balaban J connectivity index is 1.65. The van der Waals surface area contributed by atoms with E-state index in [1.807, 2.05) is 0 Å². The van der Waals surface area contributed by atoms with E-state index in [1.165, 1.54) is 19.8 Å². The number of carbonyl (C=O) groups excluding carboxylic acids is 2. The van der Waals surface area contributed by atoms with Crippen molar-refractivity contribution in [2.75, 3.05) is 38.7 Å². The highest BCUT2D eigenvalue weighted by molar-refractivity contribution is 7.91. The molecule has 0 heterocycles. The molecule has 1 saturated carbocycles. The van der Waals surface area contributed by atoms with Crippen molar-refractivity contribution in [3.63, 3.8) is 0 Å². The lowest BCUT2D eigenvalue weighted by atomic mass is 10.3. The second-order valence-electron chi connectivity index (χ2n) is 7.59. The highest BCUT2D eigenvalue weighted by Crippen LogP contribution is 2.30. The fraction of sp³-hybridized carbons (Fsp3) is 0.619. The third kappa shape index (κ3) is 9.13. The van der Waals surface area contributed by atoms with Gasteiger partial charge in [-0.1, -0.05) is 6.07 Å². The van der Waals surface area contributed by atoms with Gasteiger partial charge in [0, 0.05) is 39.6 Å². The van der Waals surface area contributed by atoms with E-state index in [0.717, 1.165) is 0 Å². The maximum Gasteiger partial charge on any atom is 0.219 e. The molecule has 0 bridgehead atoms. The molecule has 0 aromatic heterocycles. The van der Waals surface area contributed by atoms with E-state index in [2.05, 4.69) is 0 Å². The van der Waals surface area contributed by atoms with Crippen molar-refractivity contribution in [2.24, 2.45) is 11.7 Å². The summed E-state index contributed by atoms with van der Waals surface area (Å²) in [5.74, 6) is 0.625. The highest BCUT2D eigenvalue weighted by atomic mass is 32.2. The van der Waals surface area contributed by atoms with E-state index in [4.69, 9.17) is 15.2 Å². The zero-order valence-electron chi connectivity index (χ0n) is 17.5. The summed E-state index contributed by atoms with van der Waals surface area (Å²) in [4.78, 5) is 24.2. The lowest BCUT2D eigenvalue weighted by molar-refractivity contribution is -0.129. The first kappa shape index (κ1) is 24.1. The number of nitrogens with two attached hydrogens (primary N) is 1. The number of nitrogens with zero attached hydrogens (tertiary/aromatic N) is 1. The van der Waals surface area contributed by atoms with Crippen LogP contribution in [0.25, 0.3) is 0 Å². The van der Waals surface area contributed by atoms with Gasteiger partial charge >= 0.3 is 0 Å². The lowest BCUT2D eigenvalue weighted by Gasteiger charge is -2.20. The predicted octanol–water partition coefficient (Wildman–Crippen LogP) is 1.77. The molecule has 168 valence electrons. The minimum atomic E-state index is -3.40. The van der Waals surface area contributed by atoms with Crippen LogP contribution >= 0.6 is 0 Å². The zero-order chi connectivity index (χ0) is 22.0. The van der Waals surface area contributed by atoms with Crippen LogP contribution in [0.3, 0.4) is 0 Å². The molecule has 0 aliphatic heterocycles. The van der Waals surface area contributed by atoms with Crippen molar-refractivity contribution >= 4 is 21.7 Å². The smallest absolute Gasteiger partial charge is 0.219 e. The Kier molecular flexibility index (Phi) is 9.58. The van der Waals surface area contributed by atoms with Gasteiger partial charge < -0.3 is 20.1 Å². The Morgan fingerprint density at radius 2 is 1.90 bits per heavy atom. The number of ether oxygens (including phenoxy) is 2. The van der Waals surface area contributed by atoms with E-state index < -0.39 is 15.7 Å². The molecule has 8 nitrogen and oxygen atoms in total. The molecule has 0 unspecified atom stereocenters. The molecule has 2 amide bonds. The zero-order valence-corrected chi connectivity index (χ0v) is 18.4. The van der Waals surface area contributed by atoms with Crippen LogP contribution in [-0.2, 0) is 24.2 Å². The minimum absolute atomic E-state index is 0.00272. The summed E-state index contributed by atoms with van der Waals surface area (Å²) in [5.41, 5.74) is 5.11. The molecule has 2 N–H and O–H groups in total. The van der Waals surface area contributed by atoms with Gasteiger partial charge in [-0.25, -0.2) is 8.42 Å². The molecule has 0 spiro atoms. The van der Waals surface area contributed by atoms with Gasteiger partial charge in [-0.3, -0.25) is 9.59 Å². The van der Waals surface area contributed by atoms with Crippen LogP contribution in [-0.4, -0.2) is 63.8 Å². The second-order valence-corrected chi connectivity index (χ2v) is 9.70. The first-order chi connectivity index (χ1) is 14.3. The monoisotopic (exact) mass is 440 g/mol. The van der Waals surface area contributed by atoms with E-state index in [9.17, 15) is 18.0 Å². The van der Waals surface area contributed by atoms with Crippen molar-refractivity contribution in [1.29, 1.82) is 0 Å². The summed E-state index contributed by atoms with van der Waals surface area (Å²) in [6.45, 7) is 3.57. The van der Waals surface area contributed by atoms with E-state index in [-0.39, 0.29) is 23.0 Å². The van der Waals surface area contributed by atoms with Crippen LogP contribution in [0.2, 0.25) is 0 Å². The minimum Gasteiger partial charge on any atom is -0.493 e. The number of sulfone groups is 1. The fourth-order valence-corrected chi connectivity index (χ4v) is 4.17. The number of hydrogen-bond acceptors (Lipinski definition) is 6. The molecular weight excluding hydrogens is 408 g/mol. The number of carbonyl (C=O) groups is 2. The molecule has 2 rings (SSSR count). The molecule has 0 atom stereocenters. The normalized spacial score (nSPS) is 13.8. The summed E-state index contributed by atoms with van der Waals surface area (Å²) in [6, 6.07) is 6.65. The molecule has 0 saturated heterocycles. The van der Waals surface area contributed by atoms with Crippen molar-refractivity contribution in [2.45, 2.75) is 43.9 Å². The van der Waals surface area contributed by atoms with Crippen molar-refractivity contribution < 1.29 is 27.5 Å². The van der Waals surface area contributed by atoms with Gasteiger partial charge in [0.1, 0.15) is 5.75 Å². The number of hydrogen-bond donors (Lipinski definition) is 1. The van der Waals surface area contributed by atoms with E-state index in [1.54, 1.807) is 29.2 Å². The molecule has 0 radical (unpaired) electrons. The molecule has 1 aromatic rings. The van der Waals surface area contributed by atoms with E-state index >= 15 is 0 Å². The summed E-state index contributed by atoms with van der Waals surface area (Å²) < 4.78 is 36.2. The van der Waals surface area contributed by atoms with Crippen LogP contribution in [0.15, 0.2) is 29.2 Å². The number of rotatable bonds is 15. The van der Waals surface area contributed by atoms with Gasteiger partial charge in [-0.2, -0.15) is 0 Å². The fourth-order valence-electron chi connectivity index (χ4n) is 2.86. The van der Waals surface area contributed by atoms with Crippen molar-refractivity contribution in [3.05, 3.63) is 24.3 Å². The molecule has 30 heavy (non-hydrogen) atoms. The molecule has 1 fully saturated rings. The summed E-state index contributed by atoms with van der Waals surface area (Å²) in [6.07, 6.45) is 3.47. The van der Waals surface area contributed by atoms with Gasteiger partial charge in [0.15, 0.2) is 9.84 Å². The third-order valence-corrected chi connectivity index (χ3v) is 6.64. The van der Waals surface area contributed by atoms with Gasteiger partial charge in [-0.05, 0) is 49.8 Å². The number of amides is 2. The van der Waals surface area contributed by atoms with Gasteiger partial charge in [0.2, 0.25) is 11.8 Å². The quantitative estimate of drug-likeness (QED) is 0.416. The second kappa shape index (κ2) is 11.9. The highest BCUT2D eigenvalue weighted by Gasteiger charge is 2.22. The predicted molar refractivity (Wildman–Crippen MR) is 113 cm³/mol. The number of primary amides is 1. The van der Waals surface area contributed by atoms with E-state index in [0.29, 0.717) is 57.4 Å². The lowest BCUT2D eigenvalue weighted by Crippen LogP contribution is -2.33. The maximum atomic E-state index is 12.5. The summed E-state index contributed by atoms with van der Waals surface area (Å²) in [7, 11) is -3.40. The van der Waals surface area contributed by atoms with Crippen LogP contribution in [0, 0.1) is 5.92 Å². The average molecular weight is 441 g/mol. The summed E-state index contributed by atoms with van der Waals surface area (Å²) >= 11 is 0. The Morgan fingerprint density at radius 3 is 2.57 bits per heavy atom. The molecule has 1 aliphatic carbocycles. The van der Waals surface area contributed by atoms with Gasteiger partial charge in [0.05, 0.1) is 17.3 Å². The van der Waals surface area contributed by atoms with Crippen LogP contribution in [0.4, 0.5) is 0 Å². The van der Waals surface area contributed by atoms with Gasteiger partial charge in [0.25, 0.3) is 0 Å².